The second kappa shape index (κ2) is 7.81. The number of nitrogens with zero attached hydrogens (tertiary/aromatic N) is 3. The van der Waals surface area contributed by atoms with E-state index in [2.05, 4.69) is 11.0 Å². The van der Waals surface area contributed by atoms with Gasteiger partial charge >= 0.3 is 0 Å². The summed E-state index contributed by atoms with van der Waals surface area (Å²) < 4.78 is 5.78. The minimum absolute atomic E-state index is 0.0606. The maximum Gasteiger partial charge on any atom is 0.162 e. The molecule has 1 aromatic heterocycles. The summed E-state index contributed by atoms with van der Waals surface area (Å²) in [5, 5.41) is 10.1. The van der Waals surface area contributed by atoms with E-state index < -0.39 is 0 Å². The van der Waals surface area contributed by atoms with Gasteiger partial charge in [0.2, 0.25) is 0 Å². The molecule has 2 heterocycles. The number of hydrogen-bond donors (Lipinski definition) is 1. The molecule has 0 bridgehead atoms. The van der Waals surface area contributed by atoms with Crippen LogP contribution in [0.1, 0.15) is 12.8 Å². The molecule has 5 heteroatoms. The number of aliphatic hydroxyl groups excluding tert-OH is 1. The Morgan fingerprint density at radius 3 is 2.69 bits per heavy atom. The van der Waals surface area contributed by atoms with Gasteiger partial charge in [0.1, 0.15) is 5.82 Å². The molecule has 1 unspecified atom stereocenters. The van der Waals surface area contributed by atoms with Crippen LogP contribution in [0.3, 0.4) is 0 Å². The molecule has 1 saturated heterocycles. The molecule has 5 nitrogen and oxygen atoms in total. The number of anilines is 1. The molecule has 0 aliphatic carbocycles. The van der Waals surface area contributed by atoms with Crippen molar-refractivity contribution in [1.29, 1.82) is 0 Å². The lowest BCUT2D eigenvalue weighted by atomic mass is 10.1. The van der Waals surface area contributed by atoms with Gasteiger partial charge in [-0.05, 0) is 25.0 Å². The fourth-order valence-electron chi connectivity index (χ4n) is 3.50. The van der Waals surface area contributed by atoms with Gasteiger partial charge in [-0.3, -0.25) is 0 Å². The van der Waals surface area contributed by atoms with Crippen LogP contribution in [0.15, 0.2) is 54.6 Å². The van der Waals surface area contributed by atoms with Gasteiger partial charge in [-0.2, -0.15) is 0 Å². The molecule has 4 rings (SSSR count). The second-order valence-corrected chi connectivity index (χ2v) is 6.56. The number of aliphatic hydroxyl groups is 1. The predicted molar refractivity (Wildman–Crippen MR) is 103 cm³/mol. The molecule has 1 atom stereocenters. The fourth-order valence-corrected chi connectivity index (χ4v) is 3.50. The van der Waals surface area contributed by atoms with Crippen molar-refractivity contribution < 1.29 is 9.84 Å². The molecule has 1 aliphatic rings. The van der Waals surface area contributed by atoms with Gasteiger partial charge in [0.05, 0.1) is 24.8 Å². The molecule has 3 aromatic rings. The maximum atomic E-state index is 9.02. The summed E-state index contributed by atoms with van der Waals surface area (Å²) in [5.41, 5.74) is 1.97. The fraction of sp³-hybridized carbons (Fsp3) is 0.333. The lowest BCUT2D eigenvalue weighted by Gasteiger charge is -2.34. The van der Waals surface area contributed by atoms with Crippen molar-refractivity contribution in [1.82, 2.24) is 9.97 Å². The smallest absolute Gasteiger partial charge is 0.162 e. The summed E-state index contributed by atoms with van der Waals surface area (Å²) in [6.07, 6.45) is 2.20. The van der Waals surface area contributed by atoms with E-state index in [4.69, 9.17) is 19.8 Å². The highest BCUT2D eigenvalue weighted by Crippen LogP contribution is 2.29. The summed E-state index contributed by atoms with van der Waals surface area (Å²) in [6.45, 7) is 2.19. The summed E-state index contributed by atoms with van der Waals surface area (Å²) in [7, 11) is 0. The molecule has 1 fully saturated rings. The monoisotopic (exact) mass is 349 g/mol. The second-order valence-electron chi connectivity index (χ2n) is 6.56. The van der Waals surface area contributed by atoms with Crippen LogP contribution >= 0.6 is 0 Å². The van der Waals surface area contributed by atoms with Crippen LogP contribution in [0.2, 0.25) is 0 Å². The van der Waals surface area contributed by atoms with Gasteiger partial charge < -0.3 is 14.7 Å². The first-order valence-corrected chi connectivity index (χ1v) is 9.15. The highest BCUT2D eigenvalue weighted by Gasteiger charge is 2.23. The minimum Gasteiger partial charge on any atom is -0.394 e. The first-order valence-electron chi connectivity index (χ1n) is 9.15. The van der Waals surface area contributed by atoms with E-state index in [9.17, 15) is 0 Å². The highest BCUT2D eigenvalue weighted by atomic mass is 16.5. The molecule has 1 aliphatic heterocycles. The van der Waals surface area contributed by atoms with Crippen molar-refractivity contribution in [2.45, 2.75) is 18.9 Å². The molecule has 0 radical (unpaired) electrons. The van der Waals surface area contributed by atoms with E-state index in [1.54, 1.807) is 0 Å². The molecular weight excluding hydrogens is 326 g/mol. The molecule has 26 heavy (non-hydrogen) atoms. The number of piperidine rings is 1. The van der Waals surface area contributed by atoms with E-state index in [0.717, 1.165) is 54.0 Å². The van der Waals surface area contributed by atoms with Crippen LogP contribution in [0.4, 0.5) is 5.82 Å². The Morgan fingerprint density at radius 1 is 1.04 bits per heavy atom. The van der Waals surface area contributed by atoms with Gasteiger partial charge in [-0.15, -0.1) is 0 Å². The zero-order valence-electron chi connectivity index (χ0n) is 14.7. The van der Waals surface area contributed by atoms with Gasteiger partial charge in [0.15, 0.2) is 5.82 Å². The van der Waals surface area contributed by atoms with Crippen LogP contribution in [-0.4, -0.2) is 47.5 Å². The molecule has 0 amide bonds. The van der Waals surface area contributed by atoms with E-state index in [-0.39, 0.29) is 12.7 Å². The van der Waals surface area contributed by atoms with Crippen molar-refractivity contribution in [2.24, 2.45) is 0 Å². The Hall–Kier alpha value is -2.50. The average molecular weight is 349 g/mol. The SMILES string of the molecule is OCCOC1CCCN(c2nc(-c3ccccc3)nc3ccccc23)C1. The zero-order valence-corrected chi connectivity index (χ0v) is 14.7. The first-order chi connectivity index (χ1) is 12.8. The number of para-hydroxylation sites is 1. The van der Waals surface area contributed by atoms with Crippen molar-refractivity contribution >= 4 is 16.7 Å². The van der Waals surface area contributed by atoms with Crippen molar-refractivity contribution in [3.05, 3.63) is 54.6 Å². The van der Waals surface area contributed by atoms with E-state index in [0.29, 0.717) is 6.61 Å². The number of fused-ring (bicyclic) bond motifs is 1. The molecule has 0 spiro atoms. The Balaban J connectivity index is 1.73. The van der Waals surface area contributed by atoms with Crippen LogP contribution in [-0.2, 0) is 4.74 Å². The summed E-state index contributed by atoms with van der Waals surface area (Å²) in [5.74, 6) is 1.71. The molecule has 134 valence electrons. The molecule has 2 aromatic carbocycles. The normalized spacial score (nSPS) is 17.6. The van der Waals surface area contributed by atoms with E-state index in [1.165, 1.54) is 0 Å². The van der Waals surface area contributed by atoms with E-state index in [1.807, 2.05) is 48.5 Å². The largest absolute Gasteiger partial charge is 0.394 e. The zero-order chi connectivity index (χ0) is 17.8. The average Bonchev–Trinajstić information content (AvgIpc) is 2.72. The Labute approximate surface area is 153 Å². The van der Waals surface area contributed by atoms with Crippen LogP contribution in [0, 0.1) is 0 Å². The van der Waals surface area contributed by atoms with Gasteiger partial charge in [-0.1, -0.05) is 42.5 Å². The summed E-state index contributed by atoms with van der Waals surface area (Å²) in [6, 6.07) is 18.3. The van der Waals surface area contributed by atoms with Gasteiger partial charge in [0, 0.05) is 24.0 Å². The lowest BCUT2D eigenvalue weighted by molar-refractivity contribution is 0.0214. The predicted octanol–water partition coefficient (Wildman–Crippen LogP) is 3.27. The highest BCUT2D eigenvalue weighted by molar-refractivity contribution is 5.91. The van der Waals surface area contributed by atoms with Crippen LogP contribution in [0.5, 0.6) is 0 Å². The third kappa shape index (κ3) is 3.54. The number of hydrogen-bond acceptors (Lipinski definition) is 5. The third-order valence-electron chi connectivity index (χ3n) is 4.74. The maximum absolute atomic E-state index is 9.02. The number of benzene rings is 2. The number of aromatic nitrogens is 2. The standard InChI is InChI=1S/C21H23N3O2/c25-13-14-26-17-9-6-12-24(15-17)21-18-10-4-5-11-19(18)22-20(23-21)16-7-2-1-3-8-16/h1-5,7-8,10-11,17,25H,6,9,12-15H2. The summed E-state index contributed by atoms with van der Waals surface area (Å²) in [4.78, 5) is 12.0. The third-order valence-corrected chi connectivity index (χ3v) is 4.74. The number of rotatable bonds is 5. The minimum atomic E-state index is 0.0606. The lowest BCUT2D eigenvalue weighted by Crippen LogP contribution is -2.40. The molecular formula is C21H23N3O2. The Kier molecular flexibility index (Phi) is 5.09. The van der Waals surface area contributed by atoms with Crippen LogP contribution < -0.4 is 4.90 Å². The summed E-state index contributed by atoms with van der Waals surface area (Å²) >= 11 is 0. The van der Waals surface area contributed by atoms with E-state index >= 15 is 0 Å². The number of ether oxygens (including phenoxy) is 1. The van der Waals surface area contributed by atoms with Gasteiger partial charge in [-0.25, -0.2) is 9.97 Å². The first kappa shape index (κ1) is 16.9. The Morgan fingerprint density at radius 2 is 1.85 bits per heavy atom. The molecule has 0 saturated carbocycles. The molecule has 1 N–H and O–H groups in total. The Bertz CT molecular complexity index is 870. The van der Waals surface area contributed by atoms with Crippen molar-refractivity contribution in [3.63, 3.8) is 0 Å². The quantitative estimate of drug-likeness (QED) is 0.766. The van der Waals surface area contributed by atoms with Crippen molar-refractivity contribution in [3.8, 4) is 11.4 Å². The topological polar surface area (TPSA) is 58.5 Å². The van der Waals surface area contributed by atoms with Crippen LogP contribution in [0.25, 0.3) is 22.3 Å². The van der Waals surface area contributed by atoms with Gasteiger partial charge in [0.25, 0.3) is 0 Å². The van der Waals surface area contributed by atoms with Crippen molar-refractivity contribution in [2.75, 3.05) is 31.2 Å².